The average Bonchev–Trinajstić information content (AvgIpc) is 3.19. The van der Waals surface area contributed by atoms with Gasteiger partial charge in [-0.2, -0.15) is 5.26 Å². The van der Waals surface area contributed by atoms with Crippen LogP contribution in [0.25, 0.3) is 0 Å². The molecule has 0 saturated heterocycles. The zero-order valence-corrected chi connectivity index (χ0v) is 10.4. The topological polar surface area (TPSA) is 35.8 Å². The summed E-state index contributed by atoms with van der Waals surface area (Å²) in [5, 5.41) is 12.2. The molecule has 0 aliphatic heterocycles. The van der Waals surface area contributed by atoms with Crippen LogP contribution in [0.3, 0.4) is 0 Å². The molecule has 2 nitrogen and oxygen atoms in total. The van der Waals surface area contributed by atoms with Crippen molar-refractivity contribution in [3.63, 3.8) is 0 Å². The molecule has 0 spiro atoms. The van der Waals surface area contributed by atoms with E-state index < -0.39 is 0 Å². The Hall–Kier alpha value is -1.33. The van der Waals surface area contributed by atoms with Crippen molar-refractivity contribution < 1.29 is 0 Å². The number of nitriles is 1. The monoisotopic (exact) mass is 228 g/mol. The summed E-state index contributed by atoms with van der Waals surface area (Å²) in [5.41, 5.74) is 2.82. The van der Waals surface area contributed by atoms with E-state index in [0.717, 1.165) is 18.9 Å². The first-order valence-electron chi connectivity index (χ1n) is 6.52. The second-order valence-corrected chi connectivity index (χ2v) is 4.87. The molecule has 0 bridgehead atoms. The van der Waals surface area contributed by atoms with Crippen molar-refractivity contribution in [2.24, 2.45) is 0 Å². The maximum atomic E-state index is 8.70. The molecule has 1 aromatic rings. The van der Waals surface area contributed by atoms with Gasteiger partial charge in [-0.05, 0) is 36.3 Å². The fraction of sp³-hybridized carbons (Fsp3) is 0.533. The van der Waals surface area contributed by atoms with Crippen LogP contribution in [0.2, 0.25) is 0 Å². The van der Waals surface area contributed by atoms with Gasteiger partial charge in [-0.3, -0.25) is 0 Å². The van der Waals surface area contributed by atoms with Crippen LogP contribution in [0, 0.1) is 11.3 Å². The summed E-state index contributed by atoms with van der Waals surface area (Å²) in [4.78, 5) is 0. The fourth-order valence-electron chi connectivity index (χ4n) is 2.11. The van der Waals surface area contributed by atoms with Gasteiger partial charge in [-0.15, -0.1) is 0 Å². The number of nitrogens with zero attached hydrogens (tertiary/aromatic N) is 1. The van der Waals surface area contributed by atoms with Gasteiger partial charge in [-0.25, -0.2) is 0 Å². The van der Waals surface area contributed by atoms with E-state index in [1.54, 1.807) is 0 Å². The molecule has 1 aromatic carbocycles. The lowest BCUT2D eigenvalue weighted by Gasteiger charge is -2.13. The first kappa shape index (κ1) is 12.1. The van der Waals surface area contributed by atoms with Gasteiger partial charge in [0.2, 0.25) is 0 Å². The van der Waals surface area contributed by atoms with Gasteiger partial charge in [0.05, 0.1) is 12.5 Å². The molecule has 1 fully saturated rings. The van der Waals surface area contributed by atoms with Crippen LogP contribution in [-0.4, -0.2) is 6.04 Å². The molecule has 2 rings (SSSR count). The minimum atomic E-state index is 0.324. The lowest BCUT2D eigenvalue weighted by atomic mass is 10.1. The third-order valence-electron chi connectivity index (χ3n) is 3.43. The van der Waals surface area contributed by atoms with Gasteiger partial charge < -0.3 is 5.32 Å². The van der Waals surface area contributed by atoms with Gasteiger partial charge in [0.1, 0.15) is 0 Å². The molecule has 0 aromatic heterocycles. The number of rotatable bonds is 6. The number of hydrogen-bond donors (Lipinski definition) is 1. The molecule has 2 heteroatoms. The van der Waals surface area contributed by atoms with Crippen molar-refractivity contribution >= 4 is 0 Å². The van der Waals surface area contributed by atoms with Gasteiger partial charge in [0.25, 0.3) is 0 Å². The molecule has 90 valence electrons. The molecule has 1 unspecified atom stereocenters. The molecule has 0 radical (unpaired) electrons. The van der Waals surface area contributed by atoms with E-state index in [2.05, 4.69) is 42.6 Å². The van der Waals surface area contributed by atoms with E-state index in [1.165, 1.54) is 24.0 Å². The number of hydrogen-bond acceptors (Lipinski definition) is 2. The smallest absolute Gasteiger partial charge is 0.0638 e. The molecule has 0 amide bonds. The Morgan fingerprint density at radius 3 is 2.94 bits per heavy atom. The van der Waals surface area contributed by atoms with Crippen molar-refractivity contribution in [2.75, 3.05) is 0 Å². The normalized spacial score (nSPS) is 16.5. The predicted octanol–water partition coefficient (Wildman–Crippen LogP) is 3.35. The lowest BCUT2D eigenvalue weighted by molar-refractivity contribution is 0.505. The molecule has 1 saturated carbocycles. The summed E-state index contributed by atoms with van der Waals surface area (Å²) >= 11 is 0. The summed E-state index contributed by atoms with van der Waals surface area (Å²) in [7, 11) is 0. The first-order chi connectivity index (χ1) is 8.33. The third kappa shape index (κ3) is 3.57. The molecule has 1 atom stereocenters. The van der Waals surface area contributed by atoms with Crippen LogP contribution >= 0.6 is 0 Å². The van der Waals surface area contributed by atoms with Crippen molar-refractivity contribution in [2.45, 2.75) is 51.1 Å². The molecule has 17 heavy (non-hydrogen) atoms. The summed E-state index contributed by atoms with van der Waals surface area (Å²) in [6.07, 6.45) is 4.31. The highest BCUT2D eigenvalue weighted by Crippen LogP contribution is 2.40. The van der Waals surface area contributed by atoms with E-state index in [1.807, 2.05) is 0 Å². The Bertz CT molecular complexity index is 402. The van der Waals surface area contributed by atoms with E-state index in [0.29, 0.717) is 12.5 Å². The minimum Gasteiger partial charge on any atom is -0.309 e. The Morgan fingerprint density at radius 1 is 1.47 bits per heavy atom. The lowest BCUT2D eigenvalue weighted by Crippen LogP contribution is -2.27. The van der Waals surface area contributed by atoms with Gasteiger partial charge in [0.15, 0.2) is 0 Å². The van der Waals surface area contributed by atoms with Crippen LogP contribution in [0.5, 0.6) is 0 Å². The second kappa shape index (κ2) is 5.84. The Labute approximate surface area is 104 Å². The van der Waals surface area contributed by atoms with Gasteiger partial charge in [-0.1, -0.05) is 31.2 Å². The zero-order chi connectivity index (χ0) is 12.1. The van der Waals surface area contributed by atoms with Crippen LogP contribution in [0.1, 0.15) is 49.7 Å². The summed E-state index contributed by atoms with van der Waals surface area (Å²) in [5.74, 6) is 0.816. The van der Waals surface area contributed by atoms with Crippen LogP contribution in [0.15, 0.2) is 24.3 Å². The van der Waals surface area contributed by atoms with Gasteiger partial charge >= 0.3 is 0 Å². The quantitative estimate of drug-likeness (QED) is 0.810. The van der Waals surface area contributed by atoms with Crippen LogP contribution < -0.4 is 5.32 Å². The average molecular weight is 228 g/mol. The van der Waals surface area contributed by atoms with E-state index in [9.17, 15) is 0 Å². The van der Waals surface area contributed by atoms with Gasteiger partial charge in [0, 0.05) is 12.6 Å². The largest absolute Gasteiger partial charge is 0.309 e. The highest BCUT2D eigenvalue weighted by atomic mass is 14.9. The van der Waals surface area contributed by atoms with Crippen molar-refractivity contribution in [3.8, 4) is 6.07 Å². The number of benzene rings is 1. The summed E-state index contributed by atoms with van der Waals surface area (Å²) in [6, 6.07) is 11.4. The molecule has 1 aliphatic carbocycles. The molecule has 1 N–H and O–H groups in total. The highest BCUT2D eigenvalue weighted by molar-refractivity contribution is 5.29. The van der Waals surface area contributed by atoms with E-state index >= 15 is 0 Å². The molecular formula is C15H20N2. The second-order valence-electron chi connectivity index (χ2n) is 4.87. The summed E-state index contributed by atoms with van der Waals surface area (Å²) < 4.78 is 0. The molecular weight excluding hydrogens is 208 g/mol. The first-order valence-corrected chi connectivity index (χ1v) is 6.52. The Balaban J connectivity index is 1.89. The summed E-state index contributed by atoms with van der Waals surface area (Å²) in [6.45, 7) is 3.00. The van der Waals surface area contributed by atoms with Crippen molar-refractivity contribution in [3.05, 3.63) is 35.4 Å². The minimum absolute atomic E-state index is 0.324. The SMILES string of the molecule is CCC(CC#N)NCc1cccc(C2CC2)c1. The predicted molar refractivity (Wildman–Crippen MR) is 69.6 cm³/mol. The van der Waals surface area contributed by atoms with Crippen LogP contribution in [-0.2, 0) is 6.54 Å². The Kier molecular flexibility index (Phi) is 4.17. The zero-order valence-electron chi connectivity index (χ0n) is 10.4. The molecule has 1 aliphatic rings. The molecule has 0 heterocycles. The van der Waals surface area contributed by atoms with E-state index in [4.69, 9.17) is 5.26 Å². The standard InChI is InChI=1S/C15H20N2/c1-2-15(8-9-16)17-11-12-4-3-5-14(10-12)13-6-7-13/h3-5,10,13,15,17H,2,6-8,11H2,1H3. The van der Waals surface area contributed by atoms with Crippen molar-refractivity contribution in [1.29, 1.82) is 5.26 Å². The Morgan fingerprint density at radius 2 is 2.29 bits per heavy atom. The van der Waals surface area contributed by atoms with Crippen molar-refractivity contribution in [1.82, 2.24) is 5.32 Å². The maximum absolute atomic E-state index is 8.70. The van der Waals surface area contributed by atoms with E-state index in [-0.39, 0.29) is 0 Å². The number of nitrogens with one attached hydrogen (secondary N) is 1. The van der Waals surface area contributed by atoms with Crippen LogP contribution in [0.4, 0.5) is 0 Å². The fourth-order valence-corrected chi connectivity index (χ4v) is 2.11. The highest BCUT2D eigenvalue weighted by Gasteiger charge is 2.23. The maximum Gasteiger partial charge on any atom is 0.0638 e. The third-order valence-corrected chi connectivity index (χ3v) is 3.43.